The Kier molecular flexibility index (Phi) is 1.83. The zero-order valence-electron chi connectivity index (χ0n) is 5.68. The maximum atomic E-state index is 12.0. The van der Waals surface area contributed by atoms with Gasteiger partial charge in [0.05, 0.1) is 5.56 Å². The lowest BCUT2D eigenvalue weighted by Gasteiger charge is -2.03. The van der Waals surface area contributed by atoms with Gasteiger partial charge in [0.2, 0.25) is 5.88 Å². The smallest absolute Gasteiger partial charge is 0.422 e. The Morgan fingerprint density at radius 2 is 2.08 bits per heavy atom. The van der Waals surface area contributed by atoms with E-state index in [9.17, 15) is 18.0 Å². The predicted molar refractivity (Wildman–Crippen MR) is 33.5 cm³/mol. The van der Waals surface area contributed by atoms with Crippen LogP contribution >= 0.6 is 0 Å². The molecule has 0 unspecified atom stereocenters. The largest absolute Gasteiger partial charge is 0.448 e. The van der Waals surface area contributed by atoms with E-state index < -0.39 is 23.2 Å². The zero-order chi connectivity index (χ0) is 9.35. The van der Waals surface area contributed by atoms with Gasteiger partial charge in [-0.2, -0.15) is 13.2 Å². The van der Waals surface area contributed by atoms with Gasteiger partial charge in [0.25, 0.3) is 0 Å². The van der Waals surface area contributed by atoms with Gasteiger partial charge in [0, 0.05) is 0 Å². The topological polar surface area (TPSA) is 56.2 Å². The van der Waals surface area contributed by atoms with E-state index in [1.165, 1.54) is 0 Å². The number of aldehydes is 1. The molecule has 12 heavy (non-hydrogen) atoms. The Morgan fingerprint density at radius 1 is 1.50 bits per heavy atom. The minimum Gasteiger partial charge on any atom is -0.448 e. The third-order valence-electron chi connectivity index (χ3n) is 1.26. The highest BCUT2D eigenvalue weighted by Crippen LogP contribution is 2.36. The minimum absolute atomic E-state index is 0.0443. The van der Waals surface area contributed by atoms with Gasteiger partial charge in [0.15, 0.2) is 6.29 Å². The van der Waals surface area contributed by atoms with Crippen molar-refractivity contribution in [3.05, 3.63) is 17.4 Å². The fraction of sp³-hybridized carbons (Fsp3) is 0.167. The molecule has 1 aromatic heterocycles. The van der Waals surface area contributed by atoms with Crippen molar-refractivity contribution in [1.29, 1.82) is 0 Å². The lowest BCUT2D eigenvalue weighted by Crippen LogP contribution is -2.09. The third kappa shape index (κ3) is 1.27. The van der Waals surface area contributed by atoms with Crippen molar-refractivity contribution in [3.8, 4) is 0 Å². The van der Waals surface area contributed by atoms with Crippen LogP contribution in [-0.2, 0) is 6.18 Å². The Hall–Kier alpha value is -1.46. The molecule has 1 aromatic rings. The molecule has 0 aromatic carbocycles. The summed E-state index contributed by atoms with van der Waals surface area (Å²) in [6.07, 6.45) is -3.93. The maximum Gasteiger partial charge on any atom is 0.422 e. The van der Waals surface area contributed by atoms with Crippen molar-refractivity contribution in [1.82, 2.24) is 0 Å². The lowest BCUT2D eigenvalue weighted by molar-refractivity contribution is -0.137. The quantitative estimate of drug-likeness (QED) is 0.667. The molecule has 6 heteroatoms. The molecule has 66 valence electrons. The van der Waals surface area contributed by atoms with Crippen LogP contribution in [0, 0.1) is 0 Å². The molecule has 0 atom stereocenters. The highest BCUT2D eigenvalue weighted by atomic mass is 19.4. The normalized spacial score (nSPS) is 11.6. The van der Waals surface area contributed by atoms with Crippen LogP contribution in [0.4, 0.5) is 19.1 Å². The number of hydrogen-bond acceptors (Lipinski definition) is 3. The number of nitrogens with two attached hydrogens (primary N) is 1. The highest BCUT2D eigenvalue weighted by Gasteiger charge is 2.38. The van der Waals surface area contributed by atoms with Gasteiger partial charge in [-0.3, -0.25) is 4.79 Å². The van der Waals surface area contributed by atoms with E-state index >= 15 is 0 Å². The first-order chi connectivity index (χ1) is 5.46. The van der Waals surface area contributed by atoms with Crippen LogP contribution in [0.15, 0.2) is 10.7 Å². The van der Waals surface area contributed by atoms with Crippen LogP contribution in [-0.4, -0.2) is 6.29 Å². The van der Waals surface area contributed by atoms with Crippen LogP contribution < -0.4 is 5.73 Å². The molecule has 0 aliphatic carbocycles. The number of carbonyl (C=O) groups excluding carboxylic acids is 1. The van der Waals surface area contributed by atoms with Gasteiger partial charge in [-0.15, -0.1) is 0 Å². The summed E-state index contributed by atoms with van der Waals surface area (Å²) >= 11 is 0. The molecule has 0 bridgehead atoms. The molecule has 1 heterocycles. The summed E-state index contributed by atoms with van der Waals surface area (Å²) in [7, 11) is 0. The van der Waals surface area contributed by atoms with Gasteiger partial charge >= 0.3 is 6.18 Å². The van der Waals surface area contributed by atoms with Crippen molar-refractivity contribution < 1.29 is 22.4 Å². The molecule has 0 spiro atoms. The first-order valence-electron chi connectivity index (χ1n) is 2.86. The Balaban J connectivity index is 3.28. The van der Waals surface area contributed by atoms with E-state index in [0.29, 0.717) is 6.26 Å². The number of alkyl halides is 3. The average Bonchev–Trinajstić information content (AvgIpc) is 2.29. The van der Waals surface area contributed by atoms with E-state index in [1.54, 1.807) is 0 Å². The van der Waals surface area contributed by atoms with E-state index in [2.05, 4.69) is 4.42 Å². The van der Waals surface area contributed by atoms with Gasteiger partial charge in [-0.25, -0.2) is 0 Å². The second-order valence-electron chi connectivity index (χ2n) is 2.05. The Bertz CT molecular complexity index is 302. The second kappa shape index (κ2) is 2.54. The highest BCUT2D eigenvalue weighted by molar-refractivity contribution is 5.79. The summed E-state index contributed by atoms with van der Waals surface area (Å²) in [6, 6.07) is 0. The number of carbonyl (C=O) groups is 1. The van der Waals surface area contributed by atoms with Crippen LogP contribution in [0.25, 0.3) is 0 Å². The molecule has 3 nitrogen and oxygen atoms in total. The molecule has 0 aliphatic heterocycles. The molecule has 0 fully saturated rings. The third-order valence-corrected chi connectivity index (χ3v) is 1.26. The lowest BCUT2D eigenvalue weighted by atomic mass is 10.2. The maximum absolute atomic E-state index is 12.0. The molecular formula is C6H4F3NO2. The SMILES string of the molecule is Nc1occ(C=O)c1C(F)(F)F. The zero-order valence-corrected chi connectivity index (χ0v) is 5.68. The minimum atomic E-state index is -4.65. The number of furan rings is 1. The number of nitrogen functional groups attached to an aromatic ring is 1. The molecular weight excluding hydrogens is 175 g/mol. The summed E-state index contributed by atoms with van der Waals surface area (Å²) in [6.45, 7) is 0. The van der Waals surface area contributed by atoms with Gasteiger partial charge in [-0.1, -0.05) is 0 Å². The van der Waals surface area contributed by atoms with Crippen molar-refractivity contribution >= 4 is 12.2 Å². The van der Waals surface area contributed by atoms with Crippen molar-refractivity contribution in [3.63, 3.8) is 0 Å². The van der Waals surface area contributed by atoms with E-state index in [-0.39, 0.29) is 6.29 Å². The van der Waals surface area contributed by atoms with Gasteiger partial charge < -0.3 is 10.2 Å². The number of hydrogen-bond donors (Lipinski definition) is 1. The van der Waals surface area contributed by atoms with E-state index in [0.717, 1.165) is 0 Å². The first kappa shape index (κ1) is 8.63. The fourth-order valence-corrected chi connectivity index (χ4v) is 0.777. The van der Waals surface area contributed by atoms with Crippen LogP contribution in [0.2, 0.25) is 0 Å². The van der Waals surface area contributed by atoms with Crippen LogP contribution in [0.1, 0.15) is 15.9 Å². The Labute approximate surface area is 65.0 Å². The average molecular weight is 179 g/mol. The second-order valence-corrected chi connectivity index (χ2v) is 2.05. The van der Waals surface area contributed by atoms with Crippen molar-refractivity contribution in [2.24, 2.45) is 0 Å². The van der Waals surface area contributed by atoms with E-state index in [1.807, 2.05) is 0 Å². The standard InChI is InChI=1S/C6H4F3NO2/c7-6(8,9)4-3(1-11)2-12-5(4)10/h1-2H,10H2. The molecule has 0 amide bonds. The van der Waals surface area contributed by atoms with Crippen molar-refractivity contribution in [2.75, 3.05) is 5.73 Å². The monoisotopic (exact) mass is 179 g/mol. The molecule has 0 aliphatic rings. The summed E-state index contributed by atoms with van der Waals surface area (Å²) in [5, 5.41) is 0. The number of rotatable bonds is 1. The predicted octanol–water partition coefficient (Wildman–Crippen LogP) is 1.69. The number of anilines is 1. The first-order valence-corrected chi connectivity index (χ1v) is 2.86. The molecule has 0 saturated carbocycles. The molecule has 2 N–H and O–H groups in total. The van der Waals surface area contributed by atoms with Gasteiger partial charge in [-0.05, 0) is 0 Å². The summed E-state index contributed by atoms with van der Waals surface area (Å²) in [5.41, 5.74) is 3.06. The fourth-order valence-electron chi connectivity index (χ4n) is 0.777. The van der Waals surface area contributed by atoms with E-state index in [4.69, 9.17) is 5.73 Å². The summed E-state index contributed by atoms with van der Waals surface area (Å²) in [4.78, 5) is 10.1. The summed E-state index contributed by atoms with van der Waals surface area (Å²) < 4.78 is 40.3. The Morgan fingerprint density at radius 3 is 2.42 bits per heavy atom. The van der Waals surface area contributed by atoms with Crippen molar-refractivity contribution in [2.45, 2.75) is 6.18 Å². The molecule has 0 saturated heterocycles. The van der Waals surface area contributed by atoms with Gasteiger partial charge in [0.1, 0.15) is 11.8 Å². The van der Waals surface area contributed by atoms with Crippen LogP contribution in [0.5, 0.6) is 0 Å². The summed E-state index contributed by atoms with van der Waals surface area (Å²) in [5.74, 6) is -0.787. The molecule has 1 rings (SSSR count). The van der Waals surface area contributed by atoms with Crippen LogP contribution in [0.3, 0.4) is 0 Å². The number of halogens is 3. The molecule has 0 radical (unpaired) electrons.